The average molecular weight is 196 g/mol. The number of aromatic carboxylic acids is 1. The van der Waals surface area contributed by atoms with E-state index in [1.165, 1.54) is 26.4 Å². The van der Waals surface area contributed by atoms with E-state index in [4.69, 9.17) is 15.2 Å². The maximum absolute atomic E-state index is 10.7. The fraction of sp³-hybridized carbons (Fsp3) is 0.222. The van der Waals surface area contributed by atoms with Crippen LogP contribution in [0.1, 0.15) is 10.4 Å². The molecule has 76 valence electrons. The average Bonchev–Trinajstić information content (AvgIpc) is 2.16. The third-order valence-corrected chi connectivity index (χ3v) is 1.81. The fourth-order valence-corrected chi connectivity index (χ4v) is 1.14. The number of carboxylic acids is 1. The number of carbonyl (C=O) groups is 1. The quantitative estimate of drug-likeness (QED) is 0.668. The van der Waals surface area contributed by atoms with Crippen LogP contribution >= 0.6 is 0 Å². The molecule has 0 saturated carbocycles. The second-order valence-corrected chi connectivity index (χ2v) is 2.55. The summed E-state index contributed by atoms with van der Waals surface area (Å²) in [4.78, 5) is 10.7. The van der Waals surface area contributed by atoms with Gasteiger partial charge in [-0.2, -0.15) is 0 Å². The predicted molar refractivity (Wildman–Crippen MR) is 48.3 cm³/mol. The van der Waals surface area contributed by atoms with Crippen LogP contribution in [0.4, 0.5) is 5.69 Å². The van der Waals surface area contributed by atoms with Gasteiger partial charge in [0.05, 0.1) is 31.4 Å². The van der Waals surface area contributed by atoms with E-state index in [1.807, 2.05) is 0 Å². The van der Waals surface area contributed by atoms with E-state index in [0.29, 0.717) is 0 Å². The summed E-state index contributed by atoms with van der Waals surface area (Å²) < 4.78 is 9.69. The van der Waals surface area contributed by atoms with Crippen molar-refractivity contribution in [3.63, 3.8) is 0 Å². The molecule has 0 radical (unpaired) electrons. The highest BCUT2D eigenvalue weighted by molar-refractivity contribution is 5.97. The van der Waals surface area contributed by atoms with Crippen molar-refractivity contribution in [1.82, 2.24) is 0 Å². The molecule has 0 spiro atoms. The Hall–Kier alpha value is -1.91. The summed E-state index contributed by atoms with van der Waals surface area (Å²) in [6.45, 7) is 0. The third kappa shape index (κ3) is 1.56. The molecule has 5 heteroatoms. The molecule has 1 aromatic rings. The Balaban J connectivity index is 3.39. The van der Waals surface area contributed by atoms with Crippen molar-refractivity contribution in [3.05, 3.63) is 17.7 Å². The Kier molecular flexibility index (Phi) is 2.81. The van der Waals surface area contributed by atoms with E-state index in [-0.39, 0.29) is 22.7 Å². The summed E-state index contributed by atoms with van der Waals surface area (Å²) in [7, 11) is 2.75. The Morgan fingerprint density at radius 1 is 1.29 bits per heavy atom. The van der Waals surface area contributed by atoms with Gasteiger partial charge in [-0.15, -0.1) is 0 Å². The predicted octanol–water partition coefficient (Wildman–Crippen LogP) is -0.350. The van der Waals surface area contributed by atoms with Gasteiger partial charge in [0, 0.05) is 0 Å². The van der Waals surface area contributed by atoms with Gasteiger partial charge in [-0.05, 0) is 12.1 Å². The normalized spacial score (nSPS) is 9.57. The number of rotatable bonds is 3. The largest absolute Gasteiger partial charge is 0.545 e. The number of benzene rings is 1. The first-order chi connectivity index (χ1) is 6.61. The molecule has 0 unspecified atom stereocenters. The molecule has 0 bridgehead atoms. The molecule has 0 saturated heterocycles. The Morgan fingerprint density at radius 3 is 2.21 bits per heavy atom. The number of nitrogen functional groups attached to an aromatic ring is 1. The molecule has 0 aromatic heterocycles. The number of carboxylic acid groups (broad SMARTS) is 1. The van der Waals surface area contributed by atoms with Crippen molar-refractivity contribution in [2.45, 2.75) is 0 Å². The van der Waals surface area contributed by atoms with Crippen LogP contribution in [0.25, 0.3) is 0 Å². The van der Waals surface area contributed by atoms with Crippen molar-refractivity contribution < 1.29 is 19.4 Å². The van der Waals surface area contributed by atoms with Gasteiger partial charge < -0.3 is 25.1 Å². The van der Waals surface area contributed by atoms with E-state index in [9.17, 15) is 9.90 Å². The van der Waals surface area contributed by atoms with Crippen LogP contribution in [0, 0.1) is 0 Å². The second-order valence-electron chi connectivity index (χ2n) is 2.55. The van der Waals surface area contributed by atoms with Gasteiger partial charge in [-0.25, -0.2) is 0 Å². The standard InChI is InChI=1S/C9H11NO4/c1-13-5-3-4-6(14-2)8(10)7(5)9(11)12/h3-4H,10H2,1-2H3,(H,11,12)/p-1. The lowest BCUT2D eigenvalue weighted by Crippen LogP contribution is -2.24. The van der Waals surface area contributed by atoms with Gasteiger partial charge in [0.15, 0.2) is 0 Å². The molecular formula is C9H10NO4-. The van der Waals surface area contributed by atoms with E-state index < -0.39 is 5.97 Å². The summed E-state index contributed by atoms with van der Waals surface area (Å²) in [6.07, 6.45) is 0. The molecule has 1 rings (SSSR count). The Labute approximate surface area is 81.0 Å². The zero-order valence-corrected chi connectivity index (χ0v) is 7.87. The van der Waals surface area contributed by atoms with Crippen LogP contribution in [-0.2, 0) is 0 Å². The molecule has 0 fully saturated rings. The summed E-state index contributed by atoms with van der Waals surface area (Å²) in [5, 5.41) is 10.7. The number of methoxy groups -OCH3 is 2. The lowest BCUT2D eigenvalue weighted by molar-refractivity contribution is -0.255. The molecule has 0 aliphatic carbocycles. The zero-order chi connectivity index (χ0) is 10.7. The molecule has 5 nitrogen and oxygen atoms in total. The van der Waals surface area contributed by atoms with Crippen LogP contribution in [0.3, 0.4) is 0 Å². The van der Waals surface area contributed by atoms with Crippen molar-refractivity contribution in [2.75, 3.05) is 20.0 Å². The van der Waals surface area contributed by atoms with Crippen LogP contribution in [-0.4, -0.2) is 20.2 Å². The topological polar surface area (TPSA) is 84.6 Å². The molecule has 0 aliphatic rings. The molecule has 2 N–H and O–H groups in total. The number of hydrogen-bond donors (Lipinski definition) is 1. The van der Waals surface area contributed by atoms with Crippen LogP contribution in [0.2, 0.25) is 0 Å². The first-order valence-corrected chi connectivity index (χ1v) is 3.83. The van der Waals surface area contributed by atoms with E-state index in [1.54, 1.807) is 0 Å². The minimum atomic E-state index is -1.39. The SMILES string of the molecule is COc1ccc(OC)c(C(=O)[O-])c1N. The summed E-state index contributed by atoms with van der Waals surface area (Å²) >= 11 is 0. The molecule has 0 aliphatic heterocycles. The van der Waals surface area contributed by atoms with Gasteiger partial charge in [0.2, 0.25) is 0 Å². The summed E-state index contributed by atoms with van der Waals surface area (Å²) in [6, 6.07) is 2.99. The molecular weight excluding hydrogens is 186 g/mol. The van der Waals surface area contributed by atoms with Crippen molar-refractivity contribution in [2.24, 2.45) is 0 Å². The molecule has 14 heavy (non-hydrogen) atoms. The van der Waals surface area contributed by atoms with E-state index in [0.717, 1.165) is 0 Å². The second kappa shape index (κ2) is 3.87. The first kappa shape index (κ1) is 10.2. The smallest absolute Gasteiger partial charge is 0.142 e. The van der Waals surface area contributed by atoms with Gasteiger partial charge in [0.1, 0.15) is 11.5 Å². The first-order valence-electron chi connectivity index (χ1n) is 3.83. The maximum atomic E-state index is 10.7. The highest BCUT2D eigenvalue weighted by Gasteiger charge is 2.12. The van der Waals surface area contributed by atoms with E-state index in [2.05, 4.69) is 0 Å². The van der Waals surface area contributed by atoms with Crippen LogP contribution in [0.5, 0.6) is 11.5 Å². The fourth-order valence-electron chi connectivity index (χ4n) is 1.14. The van der Waals surface area contributed by atoms with E-state index >= 15 is 0 Å². The number of anilines is 1. The number of nitrogens with two attached hydrogens (primary N) is 1. The van der Waals surface area contributed by atoms with Crippen molar-refractivity contribution in [3.8, 4) is 11.5 Å². The lowest BCUT2D eigenvalue weighted by Gasteiger charge is -2.14. The van der Waals surface area contributed by atoms with Crippen LogP contribution < -0.4 is 20.3 Å². The Bertz CT molecular complexity index is 362. The lowest BCUT2D eigenvalue weighted by atomic mass is 10.1. The molecule has 0 atom stereocenters. The maximum Gasteiger partial charge on any atom is 0.142 e. The number of hydrogen-bond acceptors (Lipinski definition) is 5. The minimum absolute atomic E-state index is 0.00634. The highest BCUT2D eigenvalue weighted by Crippen LogP contribution is 2.31. The highest BCUT2D eigenvalue weighted by atomic mass is 16.5. The Morgan fingerprint density at radius 2 is 1.79 bits per heavy atom. The number of ether oxygens (including phenoxy) is 2. The summed E-state index contributed by atoms with van der Waals surface area (Å²) in [5.41, 5.74) is 5.36. The van der Waals surface area contributed by atoms with Gasteiger partial charge in [-0.3, -0.25) is 0 Å². The molecule has 1 aromatic carbocycles. The zero-order valence-electron chi connectivity index (χ0n) is 7.87. The monoisotopic (exact) mass is 196 g/mol. The molecule has 0 amide bonds. The number of carbonyl (C=O) groups excluding carboxylic acids is 1. The van der Waals surface area contributed by atoms with Gasteiger partial charge in [-0.1, -0.05) is 0 Å². The van der Waals surface area contributed by atoms with Crippen molar-refractivity contribution >= 4 is 11.7 Å². The minimum Gasteiger partial charge on any atom is -0.545 e. The van der Waals surface area contributed by atoms with Gasteiger partial charge >= 0.3 is 0 Å². The summed E-state index contributed by atoms with van der Waals surface area (Å²) in [5.74, 6) is -0.952. The van der Waals surface area contributed by atoms with Gasteiger partial charge in [0.25, 0.3) is 0 Å². The van der Waals surface area contributed by atoms with Crippen molar-refractivity contribution in [1.29, 1.82) is 0 Å². The van der Waals surface area contributed by atoms with Crippen LogP contribution in [0.15, 0.2) is 12.1 Å². The molecule has 0 heterocycles. The third-order valence-electron chi connectivity index (χ3n) is 1.81.